The van der Waals surface area contributed by atoms with E-state index in [1.165, 1.54) is 20.8 Å². The third-order valence-electron chi connectivity index (χ3n) is 2.97. The summed E-state index contributed by atoms with van der Waals surface area (Å²) in [5.41, 5.74) is 3.82. The largest absolute Gasteiger partial charge is 0.480 e. The average molecular weight is 323 g/mol. The fourth-order valence-corrected chi connectivity index (χ4v) is 2.12. The molecule has 10 heteroatoms. The summed E-state index contributed by atoms with van der Waals surface area (Å²) in [5.74, 6) is -2.74. The van der Waals surface area contributed by atoms with Gasteiger partial charge in [0.25, 0.3) is 5.91 Å². The number of hydrogen-bond donors (Lipinski definition) is 4. The van der Waals surface area contributed by atoms with Crippen LogP contribution in [0.15, 0.2) is 0 Å². The fraction of sp³-hybridized carbons (Fsp3) is 0.727. The zero-order valence-corrected chi connectivity index (χ0v) is 13.4. The predicted molar refractivity (Wildman–Crippen MR) is 76.2 cm³/mol. The lowest BCUT2D eigenvalue weighted by Gasteiger charge is -2.32. The summed E-state index contributed by atoms with van der Waals surface area (Å²) >= 11 is 0. The van der Waals surface area contributed by atoms with Crippen LogP contribution in [0.3, 0.4) is 0 Å². The summed E-state index contributed by atoms with van der Waals surface area (Å²) < 4.78 is 11.9. The zero-order valence-electron chi connectivity index (χ0n) is 12.2. The van der Waals surface area contributed by atoms with Crippen molar-refractivity contribution in [3.05, 3.63) is 0 Å². The molecule has 0 radical (unpaired) electrons. The Kier molecular flexibility index (Phi) is 7.56. The second-order valence-corrected chi connectivity index (χ2v) is 5.75. The lowest BCUT2D eigenvalue weighted by atomic mass is 10.1. The molecule has 0 heterocycles. The Balaban J connectivity index is 4.94. The van der Waals surface area contributed by atoms with Crippen LogP contribution in [0.4, 0.5) is 0 Å². The molecule has 0 saturated carbocycles. The third kappa shape index (κ3) is 5.11. The molecule has 0 spiro atoms. The van der Waals surface area contributed by atoms with Crippen molar-refractivity contribution in [3.8, 4) is 0 Å². The Morgan fingerprint density at radius 3 is 2.29 bits per heavy atom. The van der Waals surface area contributed by atoms with Crippen molar-refractivity contribution in [1.29, 1.82) is 0 Å². The predicted octanol–water partition coefficient (Wildman–Crippen LogP) is -1.44. The number of aliphatic hydroxyl groups is 1. The van der Waals surface area contributed by atoms with E-state index in [2.05, 4.69) is 5.32 Å². The Bertz CT molecular complexity index is 428. The van der Waals surface area contributed by atoms with E-state index < -0.39 is 44.0 Å². The number of nitrogens with two attached hydrogens (primary N) is 1. The van der Waals surface area contributed by atoms with Crippen molar-refractivity contribution in [2.75, 3.05) is 6.61 Å². The Labute approximate surface area is 123 Å². The standard InChI is InChI=1S/C11H22N3O6P/c1-6(13-8(16)7(12)4-5-15)9(17)14(21-20)11(2,3)10(18)19/h6-7,15H,4-5,12,21H2,1-3H3,(H,13,16)(H,18,19)/t6-,7-/m0/s1. The number of rotatable bonds is 8. The number of carboxylic acid groups (broad SMARTS) is 1. The smallest absolute Gasteiger partial charge is 0.329 e. The number of aliphatic carboxylic acids is 1. The molecule has 0 aliphatic carbocycles. The van der Waals surface area contributed by atoms with Gasteiger partial charge in [-0.15, -0.1) is 0 Å². The van der Waals surface area contributed by atoms with Crippen LogP contribution in [-0.2, 0) is 18.9 Å². The maximum atomic E-state index is 12.1. The molecular formula is C11H22N3O6P. The Morgan fingerprint density at radius 1 is 1.38 bits per heavy atom. The van der Waals surface area contributed by atoms with Crippen LogP contribution in [0.5, 0.6) is 0 Å². The summed E-state index contributed by atoms with van der Waals surface area (Å²) in [6.45, 7) is 3.54. The minimum Gasteiger partial charge on any atom is -0.480 e. The third-order valence-corrected chi connectivity index (χ3v) is 4.09. The number of nitrogens with zero attached hydrogens (tertiary/aromatic N) is 1. The van der Waals surface area contributed by atoms with Gasteiger partial charge in [-0.25, -0.2) is 4.79 Å². The molecule has 0 rings (SSSR count). The van der Waals surface area contributed by atoms with Crippen LogP contribution in [0.2, 0.25) is 0 Å². The average Bonchev–Trinajstić information content (AvgIpc) is 2.38. The second kappa shape index (κ2) is 8.11. The van der Waals surface area contributed by atoms with Crippen molar-refractivity contribution in [3.63, 3.8) is 0 Å². The molecular weight excluding hydrogens is 301 g/mol. The lowest BCUT2D eigenvalue weighted by Crippen LogP contribution is -2.55. The van der Waals surface area contributed by atoms with E-state index in [4.69, 9.17) is 15.9 Å². The molecule has 5 N–H and O–H groups in total. The summed E-state index contributed by atoms with van der Waals surface area (Å²) in [7, 11) is -1.83. The van der Waals surface area contributed by atoms with Gasteiger partial charge < -0.3 is 25.8 Å². The van der Waals surface area contributed by atoms with Crippen LogP contribution in [-0.4, -0.2) is 56.9 Å². The van der Waals surface area contributed by atoms with E-state index in [1.807, 2.05) is 0 Å². The highest BCUT2D eigenvalue weighted by atomic mass is 31.1. The van der Waals surface area contributed by atoms with Gasteiger partial charge in [-0.1, -0.05) is 0 Å². The number of carbonyl (C=O) groups excluding carboxylic acids is 2. The van der Waals surface area contributed by atoms with Gasteiger partial charge in [-0.05, 0) is 27.2 Å². The minimum absolute atomic E-state index is 0.0316. The molecule has 0 saturated heterocycles. The van der Waals surface area contributed by atoms with E-state index in [0.717, 1.165) is 0 Å². The molecule has 0 aromatic heterocycles. The summed E-state index contributed by atoms with van der Waals surface area (Å²) in [6, 6.07) is -2.06. The summed E-state index contributed by atoms with van der Waals surface area (Å²) in [4.78, 5) is 34.9. The summed E-state index contributed by atoms with van der Waals surface area (Å²) in [6.07, 6.45) is 0.0316. The molecule has 0 aromatic rings. The van der Waals surface area contributed by atoms with Crippen LogP contribution >= 0.6 is 8.61 Å². The maximum absolute atomic E-state index is 12.1. The highest BCUT2D eigenvalue weighted by Gasteiger charge is 2.39. The monoisotopic (exact) mass is 323 g/mol. The topological polar surface area (TPSA) is 150 Å². The van der Waals surface area contributed by atoms with E-state index in [9.17, 15) is 18.9 Å². The summed E-state index contributed by atoms with van der Waals surface area (Å²) in [5, 5.41) is 20.0. The van der Waals surface area contributed by atoms with Crippen LogP contribution in [0, 0.1) is 0 Å². The number of nitrogens with one attached hydrogen (secondary N) is 1. The van der Waals surface area contributed by atoms with E-state index in [-0.39, 0.29) is 13.0 Å². The van der Waals surface area contributed by atoms with Crippen molar-refractivity contribution in [1.82, 2.24) is 9.99 Å². The molecule has 122 valence electrons. The van der Waals surface area contributed by atoms with Crippen molar-refractivity contribution < 1.29 is 29.2 Å². The van der Waals surface area contributed by atoms with Gasteiger partial charge in [-0.3, -0.25) is 14.3 Å². The SMILES string of the molecule is C[C@H](NC(=O)[C@@H](N)CCO)C(=O)N([PH2]=O)C(C)(C)C(=O)O. The molecule has 0 aromatic carbocycles. The van der Waals surface area contributed by atoms with Crippen LogP contribution < -0.4 is 11.1 Å². The molecule has 0 aliphatic heterocycles. The highest BCUT2D eigenvalue weighted by Crippen LogP contribution is 2.23. The van der Waals surface area contributed by atoms with Crippen LogP contribution in [0.1, 0.15) is 27.2 Å². The number of amides is 2. The van der Waals surface area contributed by atoms with Crippen molar-refractivity contribution in [2.45, 2.75) is 44.8 Å². The van der Waals surface area contributed by atoms with Gasteiger partial charge in [0.2, 0.25) is 5.91 Å². The number of aliphatic hydroxyl groups excluding tert-OH is 1. The molecule has 0 fully saturated rings. The first-order valence-electron chi connectivity index (χ1n) is 6.28. The van der Waals surface area contributed by atoms with E-state index >= 15 is 0 Å². The van der Waals surface area contributed by atoms with Gasteiger partial charge in [0.15, 0.2) is 8.61 Å². The van der Waals surface area contributed by atoms with E-state index in [1.54, 1.807) is 0 Å². The Hall–Kier alpha value is -1.44. The first-order chi connectivity index (χ1) is 9.59. The number of carboxylic acids is 1. The van der Waals surface area contributed by atoms with Gasteiger partial charge >= 0.3 is 5.97 Å². The number of hydrogen-bond acceptors (Lipinski definition) is 6. The molecule has 21 heavy (non-hydrogen) atoms. The first kappa shape index (κ1) is 19.6. The van der Waals surface area contributed by atoms with Gasteiger partial charge in [-0.2, -0.15) is 0 Å². The zero-order chi connectivity index (χ0) is 16.8. The fourth-order valence-electron chi connectivity index (χ4n) is 1.42. The van der Waals surface area contributed by atoms with Gasteiger partial charge in [0.05, 0.1) is 6.04 Å². The molecule has 0 aliphatic rings. The normalized spacial score (nSPS) is 14.7. The first-order valence-corrected chi connectivity index (χ1v) is 7.27. The van der Waals surface area contributed by atoms with Gasteiger partial charge in [0.1, 0.15) is 11.6 Å². The molecule has 9 nitrogen and oxygen atoms in total. The lowest BCUT2D eigenvalue weighted by molar-refractivity contribution is -0.152. The molecule has 3 atom stereocenters. The Morgan fingerprint density at radius 2 is 1.90 bits per heavy atom. The maximum Gasteiger partial charge on any atom is 0.329 e. The molecule has 0 bridgehead atoms. The quantitative estimate of drug-likeness (QED) is 0.400. The molecule has 2 amide bonds. The number of carbonyl (C=O) groups is 3. The molecule has 1 unspecified atom stereocenters. The van der Waals surface area contributed by atoms with Crippen LogP contribution in [0.25, 0.3) is 0 Å². The van der Waals surface area contributed by atoms with Gasteiger partial charge in [0, 0.05) is 6.61 Å². The van der Waals surface area contributed by atoms with Crippen molar-refractivity contribution >= 4 is 26.4 Å². The van der Waals surface area contributed by atoms with Crippen molar-refractivity contribution in [2.24, 2.45) is 5.73 Å². The second-order valence-electron chi connectivity index (χ2n) is 5.03. The highest BCUT2D eigenvalue weighted by molar-refractivity contribution is 7.22. The minimum atomic E-state index is -1.83. The van der Waals surface area contributed by atoms with E-state index in [0.29, 0.717) is 4.67 Å².